The van der Waals surface area contributed by atoms with Gasteiger partial charge in [-0.2, -0.15) is 0 Å². The lowest BCUT2D eigenvalue weighted by atomic mass is 10.3. The molecule has 0 atom stereocenters. The van der Waals surface area contributed by atoms with Crippen LogP contribution in [0.4, 0.5) is 5.00 Å². The van der Waals surface area contributed by atoms with Crippen LogP contribution in [0, 0.1) is 10.1 Å². The maximum atomic E-state index is 10.5. The van der Waals surface area contributed by atoms with Crippen LogP contribution in [-0.2, 0) is 6.54 Å². The summed E-state index contributed by atoms with van der Waals surface area (Å²) >= 11 is 1.19. The second-order valence-corrected chi connectivity index (χ2v) is 5.17. The summed E-state index contributed by atoms with van der Waals surface area (Å²) in [6.45, 7) is 5.17. The first-order valence-electron chi connectivity index (χ1n) is 5.90. The number of likely N-dealkylation sites (tertiary alicyclic amines) is 1. The molecule has 0 radical (unpaired) electrons. The molecule has 1 aromatic heterocycles. The molecule has 0 bridgehead atoms. The molecule has 17 heavy (non-hydrogen) atoms. The van der Waals surface area contributed by atoms with E-state index in [0.29, 0.717) is 0 Å². The summed E-state index contributed by atoms with van der Waals surface area (Å²) in [7, 11) is 0. The first kappa shape index (κ1) is 12.5. The van der Waals surface area contributed by atoms with E-state index in [2.05, 4.69) is 10.2 Å². The van der Waals surface area contributed by atoms with Gasteiger partial charge in [0.15, 0.2) is 0 Å². The highest BCUT2D eigenvalue weighted by Gasteiger charge is 2.11. The molecule has 1 aliphatic heterocycles. The highest BCUT2D eigenvalue weighted by atomic mass is 32.1. The lowest BCUT2D eigenvalue weighted by Crippen LogP contribution is -2.29. The van der Waals surface area contributed by atoms with Crippen molar-refractivity contribution in [2.24, 2.45) is 0 Å². The van der Waals surface area contributed by atoms with E-state index in [-0.39, 0.29) is 9.92 Å². The molecule has 0 aromatic carbocycles. The number of rotatable bonds is 6. The average Bonchev–Trinajstić information content (AvgIpc) is 2.96. The van der Waals surface area contributed by atoms with Gasteiger partial charge in [0.2, 0.25) is 0 Å². The van der Waals surface area contributed by atoms with E-state index in [9.17, 15) is 10.1 Å². The maximum Gasteiger partial charge on any atom is 0.324 e. The van der Waals surface area contributed by atoms with Gasteiger partial charge in [0, 0.05) is 31.1 Å². The number of thiophene rings is 1. The minimum atomic E-state index is -0.335. The van der Waals surface area contributed by atoms with Crippen molar-refractivity contribution in [3.05, 3.63) is 27.1 Å². The average molecular weight is 255 g/mol. The van der Waals surface area contributed by atoms with Gasteiger partial charge in [-0.05, 0) is 31.5 Å². The highest BCUT2D eigenvalue weighted by Crippen LogP contribution is 2.22. The summed E-state index contributed by atoms with van der Waals surface area (Å²) < 4.78 is 0. The van der Waals surface area contributed by atoms with Gasteiger partial charge in [-0.3, -0.25) is 10.1 Å². The Morgan fingerprint density at radius 2 is 2.24 bits per heavy atom. The minimum absolute atomic E-state index is 0.223. The van der Waals surface area contributed by atoms with Gasteiger partial charge in [-0.1, -0.05) is 11.3 Å². The summed E-state index contributed by atoms with van der Waals surface area (Å²) in [4.78, 5) is 12.6. The normalized spacial score (nSPS) is 16.5. The molecule has 5 nitrogen and oxygen atoms in total. The Labute approximate surface area is 105 Å². The molecule has 2 rings (SSSR count). The van der Waals surface area contributed by atoms with Crippen LogP contribution >= 0.6 is 11.3 Å². The molecular formula is C11H17N3O2S. The van der Waals surface area contributed by atoms with Crippen LogP contribution in [0.25, 0.3) is 0 Å². The maximum absolute atomic E-state index is 10.5. The van der Waals surface area contributed by atoms with Crippen molar-refractivity contribution >= 4 is 16.3 Å². The van der Waals surface area contributed by atoms with E-state index in [1.54, 1.807) is 6.07 Å². The smallest absolute Gasteiger partial charge is 0.311 e. The van der Waals surface area contributed by atoms with Crippen LogP contribution in [0.1, 0.15) is 18.4 Å². The third-order valence-electron chi connectivity index (χ3n) is 2.95. The molecular weight excluding hydrogens is 238 g/mol. The van der Waals surface area contributed by atoms with Crippen molar-refractivity contribution in [3.63, 3.8) is 0 Å². The van der Waals surface area contributed by atoms with Gasteiger partial charge >= 0.3 is 5.00 Å². The highest BCUT2D eigenvalue weighted by molar-refractivity contribution is 7.13. The summed E-state index contributed by atoms with van der Waals surface area (Å²) in [6, 6.07) is 1.65. The van der Waals surface area contributed by atoms with E-state index < -0.39 is 0 Å². The SMILES string of the molecule is O=[N+]([O-])c1cc(CNCCN2CCCC2)cs1. The molecule has 1 aromatic rings. The standard InChI is InChI=1S/C11H17N3O2S/c15-14(16)11-7-10(9-17-11)8-12-3-6-13-4-1-2-5-13/h7,9,12H,1-6,8H2. The molecule has 2 heterocycles. The molecule has 0 spiro atoms. The van der Waals surface area contributed by atoms with Crippen molar-refractivity contribution < 1.29 is 4.92 Å². The largest absolute Gasteiger partial charge is 0.324 e. The van der Waals surface area contributed by atoms with Gasteiger partial charge in [0.1, 0.15) is 0 Å². The zero-order valence-electron chi connectivity index (χ0n) is 9.72. The molecule has 94 valence electrons. The van der Waals surface area contributed by atoms with E-state index in [4.69, 9.17) is 0 Å². The van der Waals surface area contributed by atoms with E-state index in [1.807, 2.05) is 5.38 Å². The molecule has 6 heteroatoms. The van der Waals surface area contributed by atoms with Gasteiger partial charge in [-0.15, -0.1) is 0 Å². The van der Waals surface area contributed by atoms with Crippen LogP contribution in [0.2, 0.25) is 0 Å². The fourth-order valence-electron chi connectivity index (χ4n) is 2.03. The monoisotopic (exact) mass is 255 g/mol. The van der Waals surface area contributed by atoms with E-state index in [1.165, 1.54) is 37.3 Å². The molecule has 1 fully saturated rings. The molecule has 1 aliphatic rings. The Morgan fingerprint density at radius 3 is 2.88 bits per heavy atom. The molecule has 0 aliphatic carbocycles. The minimum Gasteiger partial charge on any atom is -0.311 e. The Hall–Kier alpha value is -0.980. The molecule has 0 saturated carbocycles. The molecule has 0 unspecified atom stereocenters. The van der Waals surface area contributed by atoms with Crippen molar-refractivity contribution in [3.8, 4) is 0 Å². The number of hydrogen-bond donors (Lipinski definition) is 1. The molecule has 0 amide bonds. The Kier molecular flexibility index (Phi) is 4.47. The predicted molar refractivity (Wildman–Crippen MR) is 68.4 cm³/mol. The van der Waals surface area contributed by atoms with Crippen LogP contribution in [-0.4, -0.2) is 36.0 Å². The van der Waals surface area contributed by atoms with Gasteiger partial charge in [-0.25, -0.2) is 0 Å². The van der Waals surface area contributed by atoms with Gasteiger partial charge in [0.05, 0.1) is 4.92 Å². The summed E-state index contributed by atoms with van der Waals surface area (Å²) in [5.41, 5.74) is 1.00. The zero-order valence-corrected chi connectivity index (χ0v) is 10.5. The second-order valence-electron chi connectivity index (χ2n) is 4.28. The third-order valence-corrected chi connectivity index (χ3v) is 3.88. The quantitative estimate of drug-likeness (QED) is 0.479. The predicted octanol–water partition coefficient (Wildman–Crippen LogP) is 1.84. The fraction of sp³-hybridized carbons (Fsp3) is 0.636. The molecule has 1 N–H and O–H groups in total. The van der Waals surface area contributed by atoms with Crippen molar-refractivity contribution in [1.82, 2.24) is 10.2 Å². The first-order chi connectivity index (χ1) is 8.25. The van der Waals surface area contributed by atoms with Crippen LogP contribution < -0.4 is 5.32 Å². The first-order valence-corrected chi connectivity index (χ1v) is 6.78. The third kappa shape index (κ3) is 3.76. The van der Waals surface area contributed by atoms with Crippen LogP contribution in [0.3, 0.4) is 0 Å². The number of hydrogen-bond acceptors (Lipinski definition) is 5. The second kappa shape index (κ2) is 6.09. The number of nitro groups is 1. The van der Waals surface area contributed by atoms with E-state index >= 15 is 0 Å². The van der Waals surface area contributed by atoms with Crippen LogP contribution in [0.5, 0.6) is 0 Å². The van der Waals surface area contributed by atoms with E-state index in [0.717, 1.165) is 25.2 Å². The van der Waals surface area contributed by atoms with Gasteiger partial charge in [0.25, 0.3) is 0 Å². The Balaban J connectivity index is 1.65. The zero-order chi connectivity index (χ0) is 12.1. The fourth-order valence-corrected chi connectivity index (χ4v) is 2.76. The van der Waals surface area contributed by atoms with Gasteiger partial charge < -0.3 is 10.2 Å². The summed E-state index contributed by atoms with van der Waals surface area (Å²) in [5, 5.41) is 15.9. The summed E-state index contributed by atoms with van der Waals surface area (Å²) in [6.07, 6.45) is 2.63. The summed E-state index contributed by atoms with van der Waals surface area (Å²) in [5.74, 6) is 0. The van der Waals surface area contributed by atoms with Crippen LogP contribution in [0.15, 0.2) is 11.4 Å². The van der Waals surface area contributed by atoms with Crippen molar-refractivity contribution in [2.75, 3.05) is 26.2 Å². The Morgan fingerprint density at radius 1 is 1.47 bits per heavy atom. The topological polar surface area (TPSA) is 58.4 Å². The lowest BCUT2D eigenvalue weighted by Gasteiger charge is -2.14. The molecule has 1 saturated heterocycles. The Bertz CT molecular complexity index is 375. The number of nitrogens with zero attached hydrogens (tertiary/aromatic N) is 2. The number of nitrogens with one attached hydrogen (secondary N) is 1. The van der Waals surface area contributed by atoms with Crippen molar-refractivity contribution in [2.45, 2.75) is 19.4 Å². The lowest BCUT2D eigenvalue weighted by molar-refractivity contribution is -0.380. The van der Waals surface area contributed by atoms with Crippen molar-refractivity contribution in [1.29, 1.82) is 0 Å².